The molecule has 6 heteroatoms. The molecule has 0 spiro atoms. The van der Waals surface area contributed by atoms with Gasteiger partial charge in [-0.05, 0) is 36.5 Å². The number of aromatic nitrogens is 4. The fourth-order valence-corrected chi connectivity index (χ4v) is 3.42. The van der Waals surface area contributed by atoms with Crippen LogP contribution in [0.5, 0.6) is 0 Å². The average molecular weight is 309 g/mol. The van der Waals surface area contributed by atoms with Gasteiger partial charge in [0.2, 0.25) is 0 Å². The monoisotopic (exact) mass is 309 g/mol. The Hall–Kier alpha value is -2.63. The minimum atomic E-state index is 0.0329. The normalized spacial score (nSPS) is 16.1. The van der Waals surface area contributed by atoms with E-state index < -0.39 is 0 Å². The van der Waals surface area contributed by atoms with Gasteiger partial charge in [-0.15, -0.1) is 0 Å². The maximum atomic E-state index is 12.5. The molecule has 0 unspecified atom stereocenters. The second-order valence-electron chi connectivity index (χ2n) is 6.13. The molecular weight excluding hydrogens is 290 g/mol. The molecule has 1 saturated heterocycles. The smallest absolute Gasteiger partial charge is 0.274 e. The summed E-state index contributed by atoms with van der Waals surface area (Å²) in [4.78, 5) is 26.0. The highest BCUT2D eigenvalue weighted by Crippen LogP contribution is 2.32. The Balaban J connectivity index is 1.49. The maximum Gasteiger partial charge on any atom is 0.274 e. The molecule has 23 heavy (non-hydrogen) atoms. The number of rotatable bonds is 2. The number of aromatic amines is 1. The number of aryl methyl sites for hydroxylation is 1. The number of fused-ring (bicyclic) bond motifs is 1. The van der Waals surface area contributed by atoms with Crippen LogP contribution in [0.1, 0.15) is 34.8 Å². The van der Waals surface area contributed by atoms with Gasteiger partial charge in [-0.25, -0.2) is 9.97 Å². The number of amides is 1. The number of piperidine rings is 1. The number of pyridine rings is 1. The third-order valence-corrected chi connectivity index (χ3v) is 4.64. The maximum absolute atomic E-state index is 12.5. The van der Waals surface area contributed by atoms with Crippen LogP contribution in [0.15, 0.2) is 37.1 Å². The lowest BCUT2D eigenvalue weighted by molar-refractivity contribution is 0.0708. The molecule has 0 saturated carbocycles. The molecule has 0 aliphatic carbocycles. The Morgan fingerprint density at radius 2 is 2.09 bits per heavy atom. The van der Waals surface area contributed by atoms with Gasteiger partial charge in [0.15, 0.2) is 0 Å². The molecule has 118 valence electrons. The minimum absolute atomic E-state index is 0.0329. The molecular formula is C17H19N5O. The van der Waals surface area contributed by atoms with Crippen LogP contribution in [0.2, 0.25) is 0 Å². The van der Waals surface area contributed by atoms with Crippen molar-refractivity contribution in [2.24, 2.45) is 7.05 Å². The van der Waals surface area contributed by atoms with Crippen LogP contribution in [0.4, 0.5) is 0 Å². The molecule has 0 atom stereocenters. The average Bonchev–Trinajstić information content (AvgIpc) is 3.22. The summed E-state index contributed by atoms with van der Waals surface area (Å²) in [7, 11) is 1.88. The van der Waals surface area contributed by atoms with Crippen molar-refractivity contribution in [3.63, 3.8) is 0 Å². The second kappa shape index (κ2) is 5.53. The number of hydrogen-bond donors (Lipinski definition) is 1. The number of carbonyl (C=O) groups is 1. The van der Waals surface area contributed by atoms with Gasteiger partial charge in [0.25, 0.3) is 5.91 Å². The van der Waals surface area contributed by atoms with E-state index in [9.17, 15) is 4.79 Å². The number of nitrogens with zero attached hydrogens (tertiary/aromatic N) is 4. The molecule has 1 aliphatic heterocycles. The van der Waals surface area contributed by atoms with Gasteiger partial charge in [0, 0.05) is 44.1 Å². The summed E-state index contributed by atoms with van der Waals surface area (Å²) in [5.41, 5.74) is 2.80. The number of imidazole rings is 1. The van der Waals surface area contributed by atoms with E-state index in [1.807, 2.05) is 24.3 Å². The minimum Gasteiger partial charge on any atom is -0.346 e. The highest BCUT2D eigenvalue weighted by molar-refractivity contribution is 5.92. The summed E-state index contributed by atoms with van der Waals surface area (Å²) in [6.45, 7) is 1.54. The molecule has 1 N–H and O–H groups in total. The van der Waals surface area contributed by atoms with Crippen molar-refractivity contribution in [2.75, 3.05) is 13.1 Å². The van der Waals surface area contributed by atoms with E-state index in [2.05, 4.69) is 27.1 Å². The zero-order chi connectivity index (χ0) is 15.8. The fourth-order valence-electron chi connectivity index (χ4n) is 3.42. The van der Waals surface area contributed by atoms with E-state index in [1.54, 1.807) is 17.1 Å². The van der Waals surface area contributed by atoms with Crippen molar-refractivity contribution in [1.82, 2.24) is 24.4 Å². The van der Waals surface area contributed by atoms with Gasteiger partial charge in [-0.1, -0.05) is 0 Å². The topological polar surface area (TPSA) is 66.8 Å². The third-order valence-electron chi connectivity index (χ3n) is 4.64. The van der Waals surface area contributed by atoms with Crippen molar-refractivity contribution in [3.8, 4) is 0 Å². The van der Waals surface area contributed by atoms with Gasteiger partial charge in [0.05, 0.1) is 6.33 Å². The second-order valence-corrected chi connectivity index (χ2v) is 6.13. The van der Waals surface area contributed by atoms with Gasteiger partial charge >= 0.3 is 0 Å². The lowest BCUT2D eigenvalue weighted by atomic mass is 9.88. The standard InChI is InChI=1S/C17H19N5O/c1-21-10-15(20-11-21)17(23)22-8-4-12(5-9-22)13-2-6-18-16-14(13)3-7-19-16/h2-3,6-7,10-12H,4-5,8-9H2,1H3,(H,18,19). The Morgan fingerprint density at radius 3 is 2.83 bits per heavy atom. The molecule has 1 fully saturated rings. The van der Waals surface area contributed by atoms with Crippen LogP contribution in [-0.4, -0.2) is 43.4 Å². The summed E-state index contributed by atoms with van der Waals surface area (Å²) in [5.74, 6) is 0.509. The van der Waals surface area contributed by atoms with Gasteiger partial charge in [-0.3, -0.25) is 4.79 Å². The summed E-state index contributed by atoms with van der Waals surface area (Å²) in [6, 6.07) is 4.19. The Labute approximate surface area is 134 Å². The van der Waals surface area contributed by atoms with E-state index in [-0.39, 0.29) is 5.91 Å². The molecule has 0 radical (unpaired) electrons. The van der Waals surface area contributed by atoms with Crippen LogP contribution < -0.4 is 0 Å². The van der Waals surface area contributed by atoms with Gasteiger partial charge in [-0.2, -0.15) is 0 Å². The molecule has 1 aliphatic rings. The van der Waals surface area contributed by atoms with Crippen molar-refractivity contribution < 1.29 is 4.79 Å². The quantitative estimate of drug-likeness (QED) is 0.790. The molecule has 4 heterocycles. The molecule has 4 rings (SSSR count). The van der Waals surface area contributed by atoms with Crippen LogP contribution in [-0.2, 0) is 7.05 Å². The summed E-state index contributed by atoms with van der Waals surface area (Å²) < 4.78 is 1.81. The molecule has 3 aromatic heterocycles. The van der Waals surface area contributed by atoms with Crippen molar-refractivity contribution in [2.45, 2.75) is 18.8 Å². The number of H-pyrrole nitrogens is 1. The fraction of sp³-hybridized carbons (Fsp3) is 0.353. The molecule has 1 amide bonds. The van der Waals surface area contributed by atoms with Crippen molar-refractivity contribution in [1.29, 1.82) is 0 Å². The first-order valence-electron chi connectivity index (χ1n) is 7.91. The first kappa shape index (κ1) is 14.0. The Morgan fingerprint density at radius 1 is 1.26 bits per heavy atom. The first-order chi connectivity index (χ1) is 11.2. The number of nitrogens with one attached hydrogen (secondary N) is 1. The lowest BCUT2D eigenvalue weighted by Crippen LogP contribution is -2.38. The SMILES string of the molecule is Cn1cnc(C(=O)N2CCC(c3ccnc4[nH]ccc34)CC2)c1. The van der Waals surface area contributed by atoms with Crippen LogP contribution in [0.25, 0.3) is 11.0 Å². The van der Waals surface area contributed by atoms with Crippen LogP contribution in [0.3, 0.4) is 0 Å². The summed E-state index contributed by atoms with van der Waals surface area (Å²) in [6.07, 6.45) is 9.19. The van der Waals surface area contributed by atoms with Crippen molar-refractivity contribution >= 4 is 16.9 Å². The predicted octanol–water partition coefficient (Wildman–Crippen LogP) is 2.32. The van der Waals surface area contributed by atoms with Gasteiger partial charge in [0.1, 0.15) is 11.3 Å². The molecule has 0 aromatic carbocycles. The highest BCUT2D eigenvalue weighted by Gasteiger charge is 2.26. The molecule has 6 nitrogen and oxygen atoms in total. The molecule has 3 aromatic rings. The third kappa shape index (κ3) is 2.50. The summed E-state index contributed by atoms with van der Waals surface area (Å²) in [5, 5.41) is 1.20. The first-order valence-corrected chi connectivity index (χ1v) is 7.91. The largest absolute Gasteiger partial charge is 0.346 e. The van der Waals surface area contributed by atoms with E-state index in [0.29, 0.717) is 11.6 Å². The number of hydrogen-bond acceptors (Lipinski definition) is 3. The Kier molecular flexibility index (Phi) is 3.37. The lowest BCUT2D eigenvalue weighted by Gasteiger charge is -2.32. The van der Waals surface area contributed by atoms with E-state index >= 15 is 0 Å². The zero-order valence-electron chi connectivity index (χ0n) is 13.1. The molecule has 0 bridgehead atoms. The summed E-state index contributed by atoms with van der Waals surface area (Å²) >= 11 is 0. The van der Waals surface area contributed by atoms with E-state index in [1.165, 1.54) is 10.9 Å². The van der Waals surface area contributed by atoms with Crippen molar-refractivity contribution in [3.05, 3.63) is 48.3 Å². The van der Waals surface area contributed by atoms with E-state index in [0.717, 1.165) is 31.6 Å². The Bertz CT molecular complexity index is 841. The van der Waals surface area contributed by atoms with E-state index in [4.69, 9.17) is 0 Å². The van der Waals surface area contributed by atoms with Crippen LogP contribution >= 0.6 is 0 Å². The zero-order valence-corrected chi connectivity index (χ0v) is 13.1. The highest BCUT2D eigenvalue weighted by atomic mass is 16.2. The van der Waals surface area contributed by atoms with Gasteiger partial charge < -0.3 is 14.5 Å². The predicted molar refractivity (Wildman–Crippen MR) is 87.2 cm³/mol. The van der Waals surface area contributed by atoms with Crippen LogP contribution in [0, 0.1) is 0 Å². The number of carbonyl (C=O) groups excluding carboxylic acids is 1. The number of likely N-dealkylation sites (tertiary alicyclic amines) is 1.